The average molecular weight is 340 g/mol. The number of amides is 1. The van der Waals surface area contributed by atoms with E-state index in [0.29, 0.717) is 34.0 Å². The van der Waals surface area contributed by atoms with E-state index < -0.39 is 11.6 Å². The fraction of sp³-hybridized carbons (Fsp3) is 0.375. The molecule has 1 aromatic heterocycles. The predicted octanol–water partition coefficient (Wildman–Crippen LogP) is 3.29. The van der Waals surface area contributed by atoms with Crippen LogP contribution in [0.5, 0.6) is 0 Å². The lowest BCUT2D eigenvalue weighted by atomic mass is 10.2. The monoisotopic (exact) mass is 340 g/mol. The van der Waals surface area contributed by atoms with E-state index in [2.05, 4.69) is 10.3 Å². The van der Waals surface area contributed by atoms with Gasteiger partial charge in [-0.1, -0.05) is 0 Å². The number of aryl methyl sites for hydroxylation is 1. The van der Waals surface area contributed by atoms with Gasteiger partial charge in [-0.15, -0.1) is 11.3 Å². The molecule has 0 spiro atoms. The van der Waals surface area contributed by atoms with Gasteiger partial charge in [0.05, 0.1) is 5.69 Å². The number of hydrogen-bond acceptors (Lipinski definition) is 4. The molecule has 0 saturated carbocycles. The van der Waals surface area contributed by atoms with Gasteiger partial charge in [-0.05, 0) is 44.9 Å². The van der Waals surface area contributed by atoms with Gasteiger partial charge >= 0.3 is 0 Å². The molecule has 4 nitrogen and oxygen atoms in total. The Morgan fingerprint density at radius 1 is 1.39 bits per heavy atom. The van der Waals surface area contributed by atoms with Crippen molar-refractivity contribution in [2.75, 3.05) is 6.61 Å². The van der Waals surface area contributed by atoms with Crippen LogP contribution in [0.2, 0.25) is 0 Å². The number of carbonyl (C=O) groups excluding carboxylic acids is 1. The van der Waals surface area contributed by atoms with Crippen molar-refractivity contribution in [2.24, 2.45) is 0 Å². The van der Waals surface area contributed by atoms with Gasteiger partial charge in [0.1, 0.15) is 9.88 Å². The second kappa shape index (κ2) is 7.61. The summed E-state index contributed by atoms with van der Waals surface area (Å²) in [7, 11) is 0. The molecule has 0 fully saturated rings. The number of nitrogens with zero attached hydrogens (tertiary/aromatic N) is 1. The molecule has 2 N–H and O–H groups in total. The summed E-state index contributed by atoms with van der Waals surface area (Å²) in [5.74, 6) is -2.11. The molecule has 1 atom stereocenters. The van der Waals surface area contributed by atoms with Crippen molar-refractivity contribution >= 4 is 17.2 Å². The topological polar surface area (TPSA) is 62.2 Å². The Morgan fingerprint density at radius 2 is 2.13 bits per heavy atom. The first-order valence-corrected chi connectivity index (χ1v) is 8.08. The summed E-state index contributed by atoms with van der Waals surface area (Å²) < 4.78 is 26.3. The number of aliphatic hydroxyl groups is 1. The summed E-state index contributed by atoms with van der Waals surface area (Å²) in [5, 5.41) is 12.1. The molecule has 7 heteroatoms. The quantitative estimate of drug-likeness (QED) is 0.848. The van der Waals surface area contributed by atoms with Crippen molar-refractivity contribution in [3.8, 4) is 10.6 Å². The first-order valence-electron chi connectivity index (χ1n) is 7.27. The Labute approximate surface area is 137 Å². The highest BCUT2D eigenvalue weighted by Crippen LogP contribution is 2.29. The van der Waals surface area contributed by atoms with Crippen molar-refractivity contribution < 1.29 is 18.7 Å². The minimum Gasteiger partial charge on any atom is -0.396 e. The fourth-order valence-electron chi connectivity index (χ4n) is 2.12. The maximum Gasteiger partial charge on any atom is 0.263 e. The molecule has 124 valence electrons. The second-order valence-electron chi connectivity index (χ2n) is 5.30. The largest absolute Gasteiger partial charge is 0.396 e. The zero-order valence-electron chi connectivity index (χ0n) is 12.9. The Kier molecular flexibility index (Phi) is 5.79. The van der Waals surface area contributed by atoms with Gasteiger partial charge in [-0.25, -0.2) is 13.8 Å². The molecule has 0 radical (unpaired) electrons. The van der Waals surface area contributed by atoms with E-state index in [4.69, 9.17) is 5.11 Å². The number of carbonyl (C=O) groups is 1. The van der Waals surface area contributed by atoms with Crippen LogP contribution in [0, 0.1) is 18.6 Å². The van der Waals surface area contributed by atoms with E-state index in [1.54, 1.807) is 6.92 Å². The Hall–Kier alpha value is -1.86. The normalized spacial score (nSPS) is 12.2. The standard InChI is InChI=1S/C16H18F2N2O2S/c1-9(4-3-7-21)19-15(22)14-10(2)20-16(23-14)11-5-6-12(17)13(18)8-11/h5-6,8-9,21H,3-4,7H2,1-2H3,(H,19,22). The molecule has 2 rings (SSSR count). The number of halogens is 2. The molecule has 1 heterocycles. The molecular weight excluding hydrogens is 322 g/mol. The van der Waals surface area contributed by atoms with Crippen LogP contribution in [0.25, 0.3) is 10.6 Å². The van der Waals surface area contributed by atoms with E-state index >= 15 is 0 Å². The zero-order valence-corrected chi connectivity index (χ0v) is 13.7. The van der Waals surface area contributed by atoms with Crippen LogP contribution in [0.15, 0.2) is 18.2 Å². The summed E-state index contributed by atoms with van der Waals surface area (Å²) in [6, 6.07) is 3.47. The molecule has 1 unspecified atom stereocenters. The van der Waals surface area contributed by atoms with Gasteiger partial charge in [0.2, 0.25) is 0 Å². The van der Waals surface area contributed by atoms with Gasteiger partial charge in [-0.2, -0.15) is 0 Å². The van der Waals surface area contributed by atoms with E-state index in [0.717, 1.165) is 23.5 Å². The molecule has 0 aliphatic heterocycles. The third-order valence-corrected chi connectivity index (χ3v) is 4.55. The lowest BCUT2D eigenvalue weighted by molar-refractivity contribution is 0.0939. The Morgan fingerprint density at radius 3 is 2.78 bits per heavy atom. The lowest BCUT2D eigenvalue weighted by Gasteiger charge is -2.12. The lowest BCUT2D eigenvalue weighted by Crippen LogP contribution is -2.32. The summed E-state index contributed by atoms with van der Waals surface area (Å²) >= 11 is 1.14. The molecule has 0 bridgehead atoms. The number of nitrogens with one attached hydrogen (secondary N) is 1. The molecule has 0 saturated heterocycles. The van der Waals surface area contributed by atoms with E-state index in [1.807, 2.05) is 6.92 Å². The minimum absolute atomic E-state index is 0.0668. The van der Waals surface area contributed by atoms with Crippen molar-refractivity contribution in [2.45, 2.75) is 32.7 Å². The van der Waals surface area contributed by atoms with Gasteiger partial charge in [0.15, 0.2) is 11.6 Å². The number of rotatable bonds is 6. The molecule has 1 amide bonds. The highest BCUT2D eigenvalue weighted by molar-refractivity contribution is 7.17. The van der Waals surface area contributed by atoms with Crippen molar-refractivity contribution in [1.82, 2.24) is 10.3 Å². The minimum atomic E-state index is -0.945. The van der Waals surface area contributed by atoms with Crippen molar-refractivity contribution in [3.63, 3.8) is 0 Å². The number of aromatic nitrogens is 1. The number of benzene rings is 1. The summed E-state index contributed by atoms with van der Waals surface area (Å²) in [5.41, 5.74) is 0.978. The van der Waals surface area contributed by atoms with Gasteiger partial charge in [-0.3, -0.25) is 4.79 Å². The number of hydrogen-bond donors (Lipinski definition) is 2. The highest BCUT2D eigenvalue weighted by atomic mass is 32.1. The first-order chi connectivity index (χ1) is 10.9. The molecule has 2 aromatic rings. The third kappa shape index (κ3) is 4.33. The van der Waals surface area contributed by atoms with E-state index in [9.17, 15) is 13.6 Å². The molecule has 0 aliphatic rings. The van der Waals surface area contributed by atoms with Crippen LogP contribution in [-0.4, -0.2) is 28.6 Å². The summed E-state index contributed by atoms with van der Waals surface area (Å²) in [6.45, 7) is 3.65. The third-order valence-electron chi connectivity index (χ3n) is 3.34. The van der Waals surface area contributed by atoms with Gasteiger partial charge < -0.3 is 10.4 Å². The predicted molar refractivity (Wildman–Crippen MR) is 85.5 cm³/mol. The summed E-state index contributed by atoms with van der Waals surface area (Å²) in [6.07, 6.45) is 1.29. The molecule has 23 heavy (non-hydrogen) atoms. The molecular formula is C16H18F2N2O2S. The van der Waals surface area contributed by atoms with Gasteiger partial charge in [0.25, 0.3) is 5.91 Å². The molecule has 0 aliphatic carbocycles. The van der Waals surface area contributed by atoms with Crippen molar-refractivity contribution in [3.05, 3.63) is 40.4 Å². The number of thiazole rings is 1. The van der Waals surface area contributed by atoms with Crippen LogP contribution < -0.4 is 5.32 Å². The highest BCUT2D eigenvalue weighted by Gasteiger charge is 2.18. The van der Waals surface area contributed by atoms with E-state index in [-0.39, 0.29) is 18.6 Å². The van der Waals surface area contributed by atoms with Crippen LogP contribution in [0.3, 0.4) is 0 Å². The maximum absolute atomic E-state index is 13.3. The van der Waals surface area contributed by atoms with Crippen LogP contribution in [0.4, 0.5) is 8.78 Å². The first kappa shape index (κ1) is 17.5. The van der Waals surface area contributed by atoms with E-state index in [1.165, 1.54) is 6.07 Å². The van der Waals surface area contributed by atoms with Crippen LogP contribution >= 0.6 is 11.3 Å². The smallest absolute Gasteiger partial charge is 0.263 e. The van der Waals surface area contributed by atoms with Crippen LogP contribution in [-0.2, 0) is 0 Å². The van der Waals surface area contributed by atoms with Crippen LogP contribution in [0.1, 0.15) is 35.1 Å². The fourth-order valence-corrected chi connectivity index (χ4v) is 3.08. The zero-order chi connectivity index (χ0) is 17.0. The number of aliphatic hydroxyl groups excluding tert-OH is 1. The summed E-state index contributed by atoms with van der Waals surface area (Å²) in [4.78, 5) is 17.0. The Balaban J connectivity index is 2.17. The Bertz CT molecular complexity index is 703. The van der Waals surface area contributed by atoms with Crippen molar-refractivity contribution in [1.29, 1.82) is 0 Å². The average Bonchev–Trinajstić information content (AvgIpc) is 2.90. The van der Waals surface area contributed by atoms with Gasteiger partial charge in [0, 0.05) is 18.2 Å². The SMILES string of the molecule is Cc1nc(-c2ccc(F)c(F)c2)sc1C(=O)NC(C)CCCO. The molecule has 1 aromatic carbocycles. The maximum atomic E-state index is 13.3. The second-order valence-corrected chi connectivity index (χ2v) is 6.30.